The molecule has 0 aliphatic carbocycles. The van der Waals surface area contributed by atoms with Gasteiger partial charge in [-0.25, -0.2) is 0 Å². The molecule has 0 heteroatoms. The van der Waals surface area contributed by atoms with Crippen molar-refractivity contribution in [3.63, 3.8) is 0 Å². The smallest absolute Gasteiger partial charge is 0.0323 e. The molecule has 0 rings (SSSR count). The maximum Gasteiger partial charge on any atom is -0.0323 e. The minimum Gasteiger partial charge on any atom is -0.0853 e. The molecule has 0 saturated carbocycles. The summed E-state index contributed by atoms with van der Waals surface area (Å²) in [5.41, 5.74) is 1.60. The molecule has 0 amide bonds. The topological polar surface area (TPSA) is 0 Å². The monoisotopic (exact) mass is 139 g/mol. The Bertz CT molecular complexity index is 82.2. The van der Waals surface area contributed by atoms with Crippen molar-refractivity contribution in [2.75, 3.05) is 0 Å². The van der Waals surface area contributed by atoms with E-state index >= 15 is 0 Å². The highest BCUT2D eigenvalue weighted by Crippen LogP contribution is 2.12. The first-order chi connectivity index (χ1) is 4.85. The Morgan fingerprint density at radius 1 is 1.20 bits per heavy atom. The van der Waals surface area contributed by atoms with Gasteiger partial charge in [-0.15, -0.1) is 0 Å². The summed E-state index contributed by atoms with van der Waals surface area (Å²) in [5.74, 6) is 0. The van der Waals surface area contributed by atoms with Crippen LogP contribution in [0.4, 0.5) is 0 Å². The van der Waals surface area contributed by atoms with E-state index < -0.39 is 0 Å². The average molecular weight is 139 g/mol. The summed E-state index contributed by atoms with van der Waals surface area (Å²) in [4.78, 5) is 0. The lowest BCUT2D eigenvalue weighted by molar-refractivity contribution is 0.798. The molecule has 59 valence electrons. The summed E-state index contributed by atoms with van der Waals surface area (Å²) in [6.07, 6.45) is 8.30. The molecule has 0 aromatic carbocycles. The molecule has 0 fully saturated rings. The molecule has 0 aromatic heterocycles. The van der Waals surface area contributed by atoms with Gasteiger partial charge < -0.3 is 0 Å². The number of allylic oxidation sites excluding steroid dienone is 2. The second-order valence-corrected chi connectivity index (χ2v) is 2.65. The first kappa shape index (κ1) is 9.74. The van der Waals surface area contributed by atoms with Gasteiger partial charge in [-0.3, -0.25) is 0 Å². The highest BCUT2D eigenvalue weighted by atomic mass is 14.0. The summed E-state index contributed by atoms with van der Waals surface area (Å²) in [7, 11) is 0. The molecular weight excluding hydrogens is 120 g/mol. The van der Waals surface area contributed by atoms with Crippen LogP contribution < -0.4 is 0 Å². The van der Waals surface area contributed by atoms with E-state index in [4.69, 9.17) is 0 Å². The van der Waals surface area contributed by atoms with Gasteiger partial charge in [-0.05, 0) is 26.2 Å². The lowest BCUT2D eigenvalue weighted by Gasteiger charge is -2.02. The Kier molecular flexibility index (Phi) is 6.68. The molecule has 0 heterocycles. The minimum absolute atomic E-state index is 0.954. The zero-order valence-corrected chi connectivity index (χ0v) is 7.32. The van der Waals surface area contributed by atoms with E-state index in [1.807, 2.05) is 0 Å². The van der Waals surface area contributed by atoms with Gasteiger partial charge in [0.2, 0.25) is 0 Å². The fourth-order valence-electron chi connectivity index (χ4n) is 1.18. The molecule has 0 aliphatic rings. The van der Waals surface area contributed by atoms with Crippen molar-refractivity contribution in [2.24, 2.45) is 0 Å². The average Bonchev–Trinajstić information content (AvgIpc) is 1.90. The Morgan fingerprint density at radius 3 is 2.00 bits per heavy atom. The van der Waals surface area contributed by atoms with Crippen molar-refractivity contribution in [3.05, 3.63) is 18.6 Å². The molecular formula is C10H19. The van der Waals surface area contributed by atoms with E-state index in [1.54, 1.807) is 5.57 Å². The van der Waals surface area contributed by atoms with Crippen LogP contribution in [0.3, 0.4) is 0 Å². The van der Waals surface area contributed by atoms with Gasteiger partial charge in [0.05, 0.1) is 0 Å². The van der Waals surface area contributed by atoms with Crippen LogP contribution in [-0.4, -0.2) is 0 Å². The highest BCUT2D eigenvalue weighted by molar-refractivity contribution is 5.01. The van der Waals surface area contributed by atoms with Crippen molar-refractivity contribution < 1.29 is 0 Å². The predicted molar refractivity (Wildman–Crippen MR) is 47.9 cm³/mol. The van der Waals surface area contributed by atoms with Gasteiger partial charge in [0.25, 0.3) is 0 Å². The Hall–Kier alpha value is -0.260. The molecule has 0 aromatic rings. The first-order valence-corrected chi connectivity index (χ1v) is 4.32. The molecule has 0 bridgehead atoms. The van der Waals surface area contributed by atoms with E-state index in [2.05, 4.69) is 26.8 Å². The third-order valence-electron chi connectivity index (χ3n) is 1.58. The Labute approximate surface area is 65.3 Å². The van der Waals surface area contributed by atoms with Crippen LogP contribution in [-0.2, 0) is 0 Å². The Morgan fingerprint density at radius 2 is 1.70 bits per heavy atom. The highest BCUT2D eigenvalue weighted by Gasteiger charge is 1.91. The van der Waals surface area contributed by atoms with Crippen molar-refractivity contribution >= 4 is 0 Å². The van der Waals surface area contributed by atoms with E-state index in [0.717, 1.165) is 6.42 Å². The fraction of sp³-hybridized carbons (Fsp3) is 0.700. The third-order valence-corrected chi connectivity index (χ3v) is 1.58. The van der Waals surface area contributed by atoms with Crippen LogP contribution in [0, 0.1) is 6.92 Å². The van der Waals surface area contributed by atoms with Crippen molar-refractivity contribution in [1.82, 2.24) is 0 Å². The Balaban J connectivity index is 3.60. The van der Waals surface area contributed by atoms with Crippen molar-refractivity contribution in [2.45, 2.75) is 46.0 Å². The summed E-state index contributed by atoms with van der Waals surface area (Å²) in [5, 5.41) is 0. The predicted octanol–water partition coefficient (Wildman–Crippen LogP) is 3.74. The van der Waals surface area contributed by atoms with Crippen LogP contribution in [0.1, 0.15) is 46.0 Å². The largest absolute Gasteiger partial charge is 0.0853 e. The van der Waals surface area contributed by atoms with Crippen LogP contribution >= 0.6 is 0 Å². The van der Waals surface area contributed by atoms with E-state index in [0.29, 0.717) is 0 Å². The quantitative estimate of drug-likeness (QED) is 0.509. The maximum absolute atomic E-state index is 3.81. The molecule has 0 spiro atoms. The van der Waals surface area contributed by atoms with Crippen molar-refractivity contribution in [3.8, 4) is 0 Å². The zero-order valence-electron chi connectivity index (χ0n) is 7.32. The van der Waals surface area contributed by atoms with Gasteiger partial charge in [-0.1, -0.05) is 38.3 Å². The van der Waals surface area contributed by atoms with E-state index in [9.17, 15) is 0 Å². The normalized spacial score (nSPS) is 9.50. The van der Waals surface area contributed by atoms with Crippen LogP contribution in [0.5, 0.6) is 0 Å². The third kappa shape index (κ3) is 4.60. The van der Waals surface area contributed by atoms with Gasteiger partial charge in [0.1, 0.15) is 0 Å². The molecule has 0 N–H and O–H groups in total. The summed E-state index contributed by atoms with van der Waals surface area (Å²) in [6.45, 7) is 8.27. The molecule has 0 aliphatic heterocycles. The molecule has 1 radical (unpaired) electrons. The van der Waals surface area contributed by atoms with Gasteiger partial charge in [0, 0.05) is 0 Å². The zero-order chi connectivity index (χ0) is 7.82. The minimum atomic E-state index is 0.954. The lowest BCUT2D eigenvalue weighted by atomic mass is 10.0. The number of hydrogen-bond donors (Lipinski definition) is 0. The summed E-state index contributed by atoms with van der Waals surface area (Å²) >= 11 is 0. The summed E-state index contributed by atoms with van der Waals surface area (Å²) in [6, 6.07) is 0. The van der Waals surface area contributed by atoms with Crippen molar-refractivity contribution in [1.29, 1.82) is 0 Å². The van der Waals surface area contributed by atoms with Gasteiger partial charge >= 0.3 is 0 Å². The van der Waals surface area contributed by atoms with Crippen LogP contribution in [0.15, 0.2) is 11.6 Å². The van der Waals surface area contributed by atoms with Gasteiger partial charge in [-0.2, -0.15) is 0 Å². The molecule has 0 saturated heterocycles. The second-order valence-electron chi connectivity index (χ2n) is 2.65. The first-order valence-electron chi connectivity index (χ1n) is 4.32. The molecule has 10 heavy (non-hydrogen) atoms. The van der Waals surface area contributed by atoms with E-state index in [1.165, 1.54) is 25.7 Å². The number of rotatable bonds is 5. The molecule has 0 atom stereocenters. The SMILES string of the molecule is [CH2]CC=C(CCC)CCC. The molecule has 0 unspecified atom stereocenters. The van der Waals surface area contributed by atoms with Crippen LogP contribution in [0.25, 0.3) is 0 Å². The van der Waals surface area contributed by atoms with E-state index in [-0.39, 0.29) is 0 Å². The molecule has 0 nitrogen and oxygen atoms in total. The number of hydrogen-bond acceptors (Lipinski definition) is 0. The van der Waals surface area contributed by atoms with Crippen LogP contribution in [0.2, 0.25) is 0 Å². The van der Waals surface area contributed by atoms with Gasteiger partial charge in [0.15, 0.2) is 0 Å². The fourth-order valence-corrected chi connectivity index (χ4v) is 1.18. The maximum atomic E-state index is 3.81. The lowest BCUT2D eigenvalue weighted by Crippen LogP contribution is -1.81. The second kappa shape index (κ2) is 6.85. The standard InChI is InChI=1S/C10H19/c1-4-7-10(8-5-2)9-6-3/h7H,1,4-6,8-9H2,2-3H3. The summed E-state index contributed by atoms with van der Waals surface area (Å²) < 4.78 is 0.